The Hall–Kier alpha value is -1.36. The maximum Gasteiger partial charge on any atom is 0.376 e. The molecule has 0 atom stereocenters. The maximum absolute atomic E-state index is 11.4. The van der Waals surface area contributed by atoms with Gasteiger partial charge in [-0.05, 0) is 27.7 Å². The van der Waals surface area contributed by atoms with E-state index in [9.17, 15) is 4.79 Å². The van der Waals surface area contributed by atoms with Crippen LogP contribution in [0.3, 0.4) is 0 Å². The molecule has 90 valence electrons. The molecule has 0 aromatic carbocycles. The minimum Gasteiger partial charge on any atom is -0.460 e. The first-order chi connectivity index (χ1) is 7.44. The van der Waals surface area contributed by atoms with Crippen LogP contribution in [0, 0.1) is 0 Å². The lowest BCUT2D eigenvalue weighted by Crippen LogP contribution is -2.19. The Kier molecular flexibility index (Phi) is 4.06. The van der Waals surface area contributed by atoms with Crippen LogP contribution in [0.1, 0.15) is 43.9 Å². The van der Waals surface area contributed by atoms with Crippen LogP contribution in [0.15, 0.2) is 10.8 Å². The third-order valence-corrected chi connectivity index (χ3v) is 1.74. The molecule has 1 rings (SSSR count). The molecule has 0 aliphatic heterocycles. The van der Waals surface area contributed by atoms with Gasteiger partial charge < -0.3 is 13.9 Å². The summed E-state index contributed by atoms with van der Waals surface area (Å²) in [6, 6.07) is 0. The van der Waals surface area contributed by atoms with Crippen molar-refractivity contribution in [1.29, 1.82) is 0 Å². The van der Waals surface area contributed by atoms with Gasteiger partial charge in [-0.25, -0.2) is 9.78 Å². The van der Waals surface area contributed by atoms with Gasteiger partial charge in [-0.3, -0.25) is 0 Å². The summed E-state index contributed by atoms with van der Waals surface area (Å²) in [6.07, 6.45) is 1.22. The van der Waals surface area contributed by atoms with Gasteiger partial charge in [0.2, 0.25) is 5.76 Å². The number of oxazole rings is 1. The monoisotopic (exact) mass is 227 g/mol. The summed E-state index contributed by atoms with van der Waals surface area (Å²) < 4.78 is 15.3. The Morgan fingerprint density at radius 3 is 2.75 bits per heavy atom. The number of hydrogen-bond donors (Lipinski definition) is 0. The SMILES string of the molecule is CCOC(=O)c1ocnc1COC(C)(C)C. The molecule has 0 N–H and O–H groups in total. The number of ether oxygens (including phenoxy) is 2. The van der Waals surface area contributed by atoms with Crippen molar-refractivity contribution in [3.8, 4) is 0 Å². The summed E-state index contributed by atoms with van der Waals surface area (Å²) >= 11 is 0. The van der Waals surface area contributed by atoms with Crippen molar-refractivity contribution in [2.75, 3.05) is 6.61 Å². The van der Waals surface area contributed by atoms with E-state index in [4.69, 9.17) is 13.9 Å². The Morgan fingerprint density at radius 1 is 1.50 bits per heavy atom. The van der Waals surface area contributed by atoms with Crippen LogP contribution < -0.4 is 0 Å². The fourth-order valence-corrected chi connectivity index (χ4v) is 1.02. The minimum atomic E-state index is -0.507. The van der Waals surface area contributed by atoms with Crippen molar-refractivity contribution in [2.45, 2.75) is 39.9 Å². The van der Waals surface area contributed by atoms with Gasteiger partial charge in [0.05, 0.1) is 18.8 Å². The first-order valence-corrected chi connectivity index (χ1v) is 5.17. The molecule has 0 aliphatic rings. The van der Waals surface area contributed by atoms with Gasteiger partial charge in [0.15, 0.2) is 6.39 Å². The standard InChI is InChI=1S/C11H17NO4/c1-5-14-10(13)9-8(12-7-15-9)6-16-11(2,3)4/h7H,5-6H2,1-4H3. The molecule has 0 amide bonds. The molecule has 0 fully saturated rings. The van der Waals surface area contributed by atoms with Crippen LogP contribution in [0.5, 0.6) is 0 Å². The van der Waals surface area contributed by atoms with E-state index in [1.54, 1.807) is 6.92 Å². The third kappa shape index (κ3) is 3.66. The van der Waals surface area contributed by atoms with Crippen molar-refractivity contribution in [1.82, 2.24) is 4.98 Å². The van der Waals surface area contributed by atoms with Crippen LogP contribution >= 0.6 is 0 Å². The molecule has 5 heteroatoms. The van der Waals surface area contributed by atoms with E-state index in [1.165, 1.54) is 6.39 Å². The lowest BCUT2D eigenvalue weighted by Gasteiger charge is -2.18. The number of hydrogen-bond acceptors (Lipinski definition) is 5. The molecule has 0 radical (unpaired) electrons. The second-order valence-corrected chi connectivity index (χ2v) is 4.25. The Labute approximate surface area is 94.8 Å². The summed E-state index contributed by atoms with van der Waals surface area (Å²) in [4.78, 5) is 15.4. The summed E-state index contributed by atoms with van der Waals surface area (Å²) in [5, 5.41) is 0. The Bertz CT molecular complexity index is 351. The van der Waals surface area contributed by atoms with E-state index < -0.39 is 5.97 Å². The Balaban J connectivity index is 2.67. The topological polar surface area (TPSA) is 61.6 Å². The molecule has 0 aliphatic carbocycles. The van der Waals surface area contributed by atoms with Gasteiger partial charge in [0.1, 0.15) is 5.69 Å². The van der Waals surface area contributed by atoms with Crippen LogP contribution in [-0.4, -0.2) is 23.2 Å². The second kappa shape index (κ2) is 5.12. The minimum absolute atomic E-state index is 0.117. The highest BCUT2D eigenvalue weighted by Gasteiger charge is 2.20. The van der Waals surface area contributed by atoms with E-state index in [0.717, 1.165) is 0 Å². The molecule has 0 spiro atoms. The van der Waals surface area contributed by atoms with Gasteiger partial charge in [0.25, 0.3) is 0 Å². The third-order valence-electron chi connectivity index (χ3n) is 1.74. The summed E-state index contributed by atoms with van der Waals surface area (Å²) in [5.41, 5.74) is 0.179. The number of rotatable bonds is 4. The van der Waals surface area contributed by atoms with Crippen molar-refractivity contribution in [3.63, 3.8) is 0 Å². The molecule has 0 saturated carbocycles. The van der Waals surface area contributed by atoms with Crippen LogP contribution in [-0.2, 0) is 16.1 Å². The first-order valence-electron chi connectivity index (χ1n) is 5.17. The van der Waals surface area contributed by atoms with E-state index in [1.807, 2.05) is 20.8 Å². The summed E-state index contributed by atoms with van der Waals surface area (Å²) in [6.45, 7) is 8.05. The average molecular weight is 227 g/mol. The molecule has 0 unspecified atom stereocenters. The van der Waals surface area contributed by atoms with Gasteiger partial charge in [-0.15, -0.1) is 0 Å². The van der Waals surface area contributed by atoms with E-state index in [0.29, 0.717) is 12.3 Å². The molecule has 0 saturated heterocycles. The molecule has 1 aromatic heterocycles. The highest BCUT2D eigenvalue weighted by molar-refractivity contribution is 5.87. The molecular weight excluding hydrogens is 210 g/mol. The van der Waals surface area contributed by atoms with Gasteiger partial charge >= 0.3 is 5.97 Å². The molecule has 1 aromatic rings. The highest BCUT2D eigenvalue weighted by Crippen LogP contribution is 2.14. The molecular formula is C11H17NO4. The summed E-state index contributed by atoms with van der Waals surface area (Å²) in [5.74, 6) is -0.390. The van der Waals surface area contributed by atoms with Crippen molar-refractivity contribution in [2.24, 2.45) is 0 Å². The zero-order valence-electron chi connectivity index (χ0n) is 10.1. The van der Waals surface area contributed by atoms with Gasteiger partial charge in [-0.1, -0.05) is 0 Å². The van der Waals surface area contributed by atoms with E-state index in [2.05, 4.69) is 4.98 Å². The smallest absolute Gasteiger partial charge is 0.376 e. The highest BCUT2D eigenvalue weighted by atomic mass is 16.5. The van der Waals surface area contributed by atoms with E-state index in [-0.39, 0.29) is 18.0 Å². The normalized spacial score (nSPS) is 11.5. The fraction of sp³-hybridized carbons (Fsp3) is 0.636. The zero-order valence-corrected chi connectivity index (χ0v) is 10.1. The quantitative estimate of drug-likeness (QED) is 0.737. The molecule has 5 nitrogen and oxygen atoms in total. The lowest BCUT2D eigenvalue weighted by molar-refractivity contribution is -0.0172. The first kappa shape index (κ1) is 12.7. The number of nitrogens with zero attached hydrogens (tertiary/aromatic N) is 1. The van der Waals surface area contributed by atoms with Crippen LogP contribution in [0.2, 0.25) is 0 Å². The lowest BCUT2D eigenvalue weighted by atomic mass is 10.2. The summed E-state index contributed by atoms with van der Waals surface area (Å²) in [7, 11) is 0. The predicted octanol–water partition coefficient (Wildman–Crippen LogP) is 2.17. The molecule has 1 heterocycles. The average Bonchev–Trinajstić information content (AvgIpc) is 2.61. The maximum atomic E-state index is 11.4. The van der Waals surface area contributed by atoms with Crippen LogP contribution in [0.25, 0.3) is 0 Å². The number of esters is 1. The molecule has 0 bridgehead atoms. The van der Waals surface area contributed by atoms with Crippen molar-refractivity contribution >= 4 is 5.97 Å². The van der Waals surface area contributed by atoms with Gasteiger partial charge in [0, 0.05) is 0 Å². The largest absolute Gasteiger partial charge is 0.460 e. The molecule has 16 heavy (non-hydrogen) atoms. The zero-order chi connectivity index (χ0) is 12.2. The number of carbonyl (C=O) groups excluding carboxylic acids is 1. The number of carbonyl (C=O) groups is 1. The van der Waals surface area contributed by atoms with Crippen LogP contribution in [0.4, 0.5) is 0 Å². The number of aromatic nitrogens is 1. The predicted molar refractivity (Wildman–Crippen MR) is 57.0 cm³/mol. The van der Waals surface area contributed by atoms with Crippen molar-refractivity contribution < 1.29 is 18.7 Å². The van der Waals surface area contributed by atoms with Crippen molar-refractivity contribution in [3.05, 3.63) is 17.8 Å². The Morgan fingerprint density at radius 2 is 2.19 bits per heavy atom. The van der Waals surface area contributed by atoms with Gasteiger partial charge in [-0.2, -0.15) is 0 Å². The second-order valence-electron chi connectivity index (χ2n) is 4.25. The van der Waals surface area contributed by atoms with E-state index >= 15 is 0 Å². The fourth-order valence-electron chi connectivity index (χ4n) is 1.02.